The lowest BCUT2D eigenvalue weighted by atomic mass is 10.1. The van der Waals surface area contributed by atoms with Gasteiger partial charge in [-0.25, -0.2) is 4.79 Å². The zero-order chi connectivity index (χ0) is 13.0. The molecule has 98 valence electrons. The molecule has 2 unspecified atom stereocenters. The molecule has 1 aliphatic carbocycles. The summed E-state index contributed by atoms with van der Waals surface area (Å²) in [4.78, 5) is 11.7. The van der Waals surface area contributed by atoms with Crippen molar-refractivity contribution in [2.45, 2.75) is 25.4 Å². The summed E-state index contributed by atoms with van der Waals surface area (Å²) >= 11 is 5.94. The first kappa shape index (κ1) is 13.2. The van der Waals surface area contributed by atoms with E-state index >= 15 is 0 Å². The standard InChI is InChI=1S/C13H17ClN2O2/c14-10-5-1-2-6-11(10)16-13(18)15-8-9-4-3-7-12(9)17/h1-2,5-6,9,12,17H,3-4,7-8H2,(H2,15,16,18). The third kappa shape index (κ3) is 3.37. The smallest absolute Gasteiger partial charge is 0.319 e. The number of para-hydroxylation sites is 1. The van der Waals surface area contributed by atoms with Gasteiger partial charge in [0.2, 0.25) is 0 Å². The highest BCUT2D eigenvalue weighted by Gasteiger charge is 2.25. The summed E-state index contributed by atoms with van der Waals surface area (Å²) in [6.07, 6.45) is 2.54. The quantitative estimate of drug-likeness (QED) is 0.789. The first-order chi connectivity index (χ1) is 8.66. The van der Waals surface area contributed by atoms with E-state index in [4.69, 9.17) is 11.6 Å². The van der Waals surface area contributed by atoms with Gasteiger partial charge in [0.25, 0.3) is 0 Å². The Morgan fingerprint density at radius 1 is 1.39 bits per heavy atom. The average molecular weight is 269 g/mol. The summed E-state index contributed by atoms with van der Waals surface area (Å²) in [7, 11) is 0. The van der Waals surface area contributed by atoms with Gasteiger partial charge in [0, 0.05) is 12.5 Å². The van der Waals surface area contributed by atoms with Crippen LogP contribution in [-0.4, -0.2) is 23.8 Å². The van der Waals surface area contributed by atoms with Gasteiger partial charge in [0.1, 0.15) is 0 Å². The second-order valence-corrected chi connectivity index (χ2v) is 4.98. The molecular formula is C13H17ClN2O2. The van der Waals surface area contributed by atoms with Crippen LogP contribution >= 0.6 is 11.6 Å². The van der Waals surface area contributed by atoms with Crippen molar-refractivity contribution in [2.24, 2.45) is 5.92 Å². The maximum absolute atomic E-state index is 11.7. The summed E-state index contributed by atoms with van der Waals surface area (Å²) in [5.41, 5.74) is 0.587. The molecule has 2 rings (SSSR count). The van der Waals surface area contributed by atoms with E-state index in [1.54, 1.807) is 18.2 Å². The Labute approximate surface area is 111 Å². The van der Waals surface area contributed by atoms with E-state index in [0.717, 1.165) is 19.3 Å². The number of hydrogen-bond donors (Lipinski definition) is 3. The number of urea groups is 1. The predicted octanol–water partition coefficient (Wildman–Crippen LogP) is 2.62. The highest BCUT2D eigenvalue weighted by molar-refractivity contribution is 6.33. The molecule has 0 bridgehead atoms. The molecule has 1 aromatic rings. The zero-order valence-electron chi connectivity index (χ0n) is 10.0. The Kier molecular flexibility index (Phi) is 4.44. The van der Waals surface area contributed by atoms with Gasteiger partial charge in [-0.1, -0.05) is 30.2 Å². The van der Waals surface area contributed by atoms with Crippen LogP contribution in [0.15, 0.2) is 24.3 Å². The Morgan fingerprint density at radius 3 is 2.83 bits per heavy atom. The number of amides is 2. The normalized spacial score (nSPS) is 22.8. The van der Waals surface area contributed by atoms with Crippen molar-refractivity contribution in [3.63, 3.8) is 0 Å². The molecule has 1 saturated carbocycles. The number of aliphatic hydroxyl groups excluding tert-OH is 1. The van der Waals surface area contributed by atoms with Crippen molar-refractivity contribution in [3.05, 3.63) is 29.3 Å². The van der Waals surface area contributed by atoms with Gasteiger partial charge in [0.15, 0.2) is 0 Å². The molecule has 18 heavy (non-hydrogen) atoms. The molecule has 5 heteroatoms. The second kappa shape index (κ2) is 6.07. The molecule has 0 heterocycles. The number of halogens is 1. The lowest BCUT2D eigenvalue weighted by Gasteiger charge is -2.15. The third-order valence-electron chi connectivity index (χ3n) is 3.27. The number of aliphatic hydroxyl groups is 1. The van der Waals surface area contributed by atoms with Gasteiger partial charge >= 0.3 is 6.03 Å². The van der Waals surface area contributed by atoms with Crippen LogP contribution < -0.4 is 10.6 Å². The van der Waals surface area contributed by atoms with Crippen LogP contribution in [-0.2, 0) is 0 Å². The summed E-state index contributed by atoms with van der Waals surface area (Å²) < 4.78 is 0. The van der Waals surface area contributed by atoms with Crippen LogP contribution in [0.3, 0.4) is 0 Å². The summed E-state index contributed by atoms with van der Waals surface area (Å²) in [6.45, 7) is 0.497. The number of anilines is 1. The number of hydrogen-bond acceptors (Lipinski definition) is 2. The second-order valence-electron chi connectivity index (χ2n) is 4.57. The molecule has 1 fully saturated rings. The number of rotatable bonds is 3. The minimum Gasteiger partial charge on any atom is -0.393 e. The average Bonchev–Trinajstić information content (AvgIpc) is 2.75. The minimum atomic E-state index is -0.290. The summed E-state index contributed by atoms with van der Waals surface area (Å²) in [6, 6.07) is 6.79. The molecule has 2 atom stereocenters. The predicted molar refractivity (Wildman–Crippen MR) is 71.8 cm³/mol. The van der Waals surface area contributed by atoms with Gasteiger partial charge in [-0.15, -0.1) is 0 Å². The number of benzene rings is 1. The Morgan fingerprint density at radius 2 is 2.17 bits per heavy atom. The SMILES string of the molecule is O=C(NCC1CCCC1O)Nc1ccccc1Cl. The molecule has 0 spiro atoms. The van der Waals surface area contributed by atoms with E-state index in [-0.39, 0.29) is 18.1 Å². The van der Waals surface area contributed by atoms with Crippen molar-refractivity contribution in [1.82, 2.24) is 5.32 Å². The Balaban J connectivity index is 1.80. The summed E-state index contributed by atoms with van der Waals surface area (Å²) in [5, 5.41) is 15.6. The van der Waals surface area contributed by atoms with Crippen LogP contribution in [0.25, 0.3) is 0 Å². The molecule has 1 aliphatic rings. The van der Waals surface area contributed by atoms with E-state index in [9.17, 15) is 9.90 Å². The van der Waals surface area contributed by atoms with E-state index in [1.165, 1.54) is 0 Å². The highest BCUT2D eigenvalue weighted by atomic mass is 35.5. The van der Waals surface area contributed by atoms with Crippen LogP contribution in [0.2, 0.25) is 5.02 Å². The molecule has 3 N–H and O–H groups in total. The molecule has 0 aromatic heterocycles. The van der Waals surface area contributed by atoms with E-state index in [1.807, 2.05) is 6.07 Å². The van der Waals surface area contributed by atoms with Crippen LogP contribution in [0, 0.1) is 5.92 Å². The maximum Gasteiger partial charge on any atom is 0.319 e. The third-order valence-corrected chi connectivity index (χ3v) is 3.60. The van der Waals surface area contributed by atoms with Crippen molar-refractivity contribution in [1.29, 1.82) is 0 Å². The van der Waals surface area contributed by atoms with Gasteiger partial charge in [-0.3, -0.25) is 0 Å². The largest absolute Gasteiger partial charge is 0.393 e. The van der Waals surface area contributed by atoms with Crippen LogP contribution in [0.1, 0.15) is 19.3 Å². The minimum absolute atomic E-state index is 0.169. The van der Waals surface area contributed by atoms with Gasteiger partial charge in [-0.2, -0.15) is 0 Å². The topological polar surface area (TPSA) is 61.4 Å². The molecule has 4 nitrogen and oxygen atoms in total. The fraction of sp³-hybridized carbons (Fsp3) is 0.462. The lowest BCUT2D eigenvalue weighted by molar-refractivity contribution is 0.133. The van der Waals surface area contributed by atoms with E-state index in [2.05, 4.69) is 10.6 Å². The van der Waals surface area contributed by atoms with E-state index < -0.39 is 0 Å². The lowest BCUT2D eigenvalue weighted by Crippen LogP contribution is -2.35. The Bertz CT molecular complexity index is 425. The Hall–Kier alpha value is -1.26. The molecule has 0 radical (unpaired) electrons. The fourth-order valence-corrected chi connectivity index (χ4v) is 2.39. The van der Waals surface area contributed by atoms with Crippen LogP contribution in [0.4, 0.5) is 10.5 Å². The van der Waals surface area contributed by atoms with Crippen LogP contribution in [0.5, 0.6) is 0 Å². The first-order valence-corrected chi connectivity index (χ1v) is 6.52. The summed E-state index contributed by atoms with van der Waals surface area (Å²) in [5.74, 6) is 0.169. The number of nitrogens with one attached hydrogen (secondary N) is 2. The molecule has 1 aromatic carbocycles. The van der Waals surface area contributed by atoms with Gasteiger partial charge < -0.3 is 15.7 Å². The van der Waals surface area contributed by atoms with E-state index in [0.29, 0.717) is 17.3 Å². The van der Waals surface area contributed by atoms with Crippen molar-refractivity contribution >= 4 is 23.3 Å². The van der Waals surface area contributed by atoms with Crippen molar-refractivity contribution in [3.8, 4) is 0 Å². The van der Waals surface area contributed by atoms with Gasteiger partial charge in [0.05, 0.1) is 16.8 Å². The van der Waals surface area contributed by atoms with Crippen molar-refractivity contribution < 1.29 is 9.90 Å². The molecular weight excluding hydrogens is 252 g/mol. The molecule has 0 saturated heterocycles. The number of carbonyl (C=O) groups excluding carboxylic acids is 1. The monoisotopic (exact) mass is 268 g/mol. The van der Waals surface area contributed by atoms with Crippen molar-refractivity contribution in [2.75, 3.05) is 11.9 Å². The maximum atomic E-state index is 11.7. The fourth-order valence-electron chi connectivity index (χ4n) is 2.21. The van der Waals surface area contributed by atoms with Gasteiger partial charge in [-0.05, 0) is 25.0 Å². The highest BCUT2D eigenvalue weighted by Crippen LogP contribution is 2.24. The molecule has 2 amide bonds. The zero-order valence-corrected chi connectivity index (χ0v) is 10.8. The number of carbonyl (C=O) groups is 1. The molecule has 0 aliphatic heterocycles. The first-order valence-electron chi connectivity index (χ1n) is 6.14.